The molecule has 21 heavy (non-hydrogen) atoms. The third-order valence-electron chi connectivity index (χ3n) is 4.01. The number of anilines is 1. The first kappa shape index (κ1) is 15.8. The zero-order valence-corrected chi connectivity index (χ0v) is 12.9. The quantitative estimate of drug-likeness (QED) is 0.874. The predicted molar refractivity (Wildman–Crippen MR) is 85.7 cm³/mol. The summed E-state index contributed by atoms with van der Waals surface area (Å²) in [7, 11) is 1.62. The highest BCUT2D eigenvalue weighted by Gasteiger charge is 2.12. The number of carbonyl (C=O) groups is 1. The van der Waals surface area contributed by atoms with Crippen molar-refractivity contribution < 1.29 is 9.53 Å². The number of rotatable bonds is 5. The zero-order valence-electron chi connectivity index (χ0n) is 12.9. The van der Waals surface area contributed by atoms with Gasteiger partial charge in [-0.2, -0.15) is 0 Å². The second kappa shape index (κ2) is 8.67. The molecule has 0 saturated heterocycles. The Labute approximate surface area is 127 Å². The molecule has 116 valence electrons. The zero-order chi connectivity index (χ0) is 14.9. The van der Waals surface area contributed by atoms with E-state index in [1.807, 2.05) is 24.3 Å². The Balaban J connectivity index is 1.75. The maximum atomic E-state index is 12.0. The summed E-state index contributed by atoms with van der Waals surface area (Å²) in [6, 6.07) is 7.92. The second-order valence-corrected chi connectivity index (χ2v) is 5.70. The van der Waals surface area contributed by atoms with Crippen molar-refractivity contribution in [2.75, 3.05) is 19.0 Å². The van der Waals surface area contributed by atoms with Crippen LogP contribution in [-0.4, -0.2) is 25.6 Å². The van der Waals surface area contributed by atoms with Crippen LogP contribution in [0.15, 0.2) is 24.3 Å². The molecule has 1 aromatic rings. The summed E-state index contributed by atoms with van der Waals surface area (Å²) in [5.74, 6) is 0.756. The summed E-state index contributed by atoms with van der Waals surface area (Å²) in [6.07, 6.45) is 8.94. The van der Waals surface area contributed by atoms with E-state index in [4.69, 9.17) is 4.74 Å². The van der Waals surface area contributed by atoms with Crippen LogP contribution in [0.25, 0.3) is 0 Å². The van der Waals surface area contributed by atoms with Gasteiger partial charge in [0.15, 0.2) is 0 Å². The molecule has 1 aliphatic rings. The van der Waals surface area contributed by atoms with Gasteiger partial charge in [0.05, 0.1) is 13.7 Å². The molecular formula is C17H26N2O2. The third-order valence-corrected chi connectivity index (χ3v) is 4.01. The van der Waals surface area contributed by atoms with Crippen LogP contribution in [-0.2, 0) is 4.79 Å². The number of methoxy groups -OCH3 is 1. The molecule has 0 radical (unpaired) electrons. The number of carbonyl (C=O) groups excluding carboxylic acids is 1. The minimum Gasteiger partial charge on any atom is -0.497 e. The highest BCUT2D eigenvalue weighted by atomic mass is 16.5. The third kappa shape index (κ3) is 5.76. The normalized spacial score (nSPS) is 16.8. The Morgan fingerprint density at radius 2 is 1.90 bits per heavy atom. The summed E-state index contributed by atoms with van der Waals surface area (Å²) >= 11 is 0. The lowest BCUT2D eigenvalue weighted by Crippen LogP contribution is -2.36. The average Bonchev–Trinajstić information content (AvgIpc) is 2.46. The van der Waals surface area contributed by atoms with E-state index >= 15 is 0 Å². The maximum absolute atomic E-state index is 12.0. The van der Waals surface area contributed by atoms with E-state index in [-0.39, 0.29) is 5.91 Å². The lowest BCUT2D eigenvalue weighted by Gasteiger charge is -2.20. The molecule has 2 N–H and O–H groups in total. The fourth-order valence-corrected chi connectivity index (χ4v) is 2.80. The van der Waals surface area contributed by atoms with Crippen molar-refractivity contribution in [1.82, 2.24) is 5.32 Å². The largest absolute Gasteiger partial charge is 0.497 e. The van der Waals surface area contributed by atoms with Crippen molar-refractivity contribution in [2.24, 2.45) is 0 Å². The van der Waals surface area contributed by atoms with Crippen molar-refractivity contribution in [1.29, 1.82) is 0 Å². The number of ether oxygens (including phenoxy) is 1. The van der Waals surface area contributed by atoms with Crippen molar-refractivity contribution in [3.05, 3.63) is 24.3 Å². The maximum Gasteiger partial charge on any atom is 0.238 e. The topological polar surface area (TPSA) is 50.4 Å². The first-order valence-corrected chi connectivity index (χ1v) is 7.95. The number of hydrogen-bond donors (Lipinski definition) is 2. The molecule has 1 aromatic carbocycles. The molecule has 1 saturated carbocycles. The fourth-order valence-electron chi connectivity index (χ4n) is 2.80. The van der Waals surface area contributed by atoms with E-state index in [0.717, 1.165) is 11.4 Å². The van der Waals surface area contributed by atoms with Crippen LogP contribution in [0.1, 0.15) is 44.9 Å². The molecule has 0 aromatic heterocycles. The first-order chi connectivity index (χ1) is 10.3. The highest BCUT2D eigenvalue weighted by molar-refractivity contribution is 5.92. The van der Waals surface area contributed by atoms with Crippen LogP contribution in [0.3, 0.4) is 0 Å². The molecule has 4 nitrogen and oxygen atoms in total. The summed E-state index contributed by atoms with van der Waals surface area (Å²) in [4.78, 5) is 12.0. The van der Waals surface area contributed by atoms with Gasteiger partial charge in [-0.3, -0.25) is 4.79 Å². The molecule has 0 unspecified atom stereocenters. The first-order valence-electron chi connectivity index (χ1n) is 7.95. The average molecular weight is 290 g/mol. The summed E-state index contributed by atoms with van der Waals surface area (Å²) in [6.45, 7) is 0.377. The van der Waals surface area contributed by atoms with Crippen molar-refractivity contribution in [2.45, 2.75) is 51.0 Å². The molecule has 1 amide bonds. The van der Waals surface area contributed by atoms with Gasteiger partial charge in [-0.1, -0.05) is 38.2 Å². The molecule has 0 aliphatic heterocycles. The number of hydrogen-bond acceptors (Lipinski definition) is 3. The van der Waals surface area contributed by atoms with E-state index in [0.29, 0.717) is 12.6 Å². The Hall–Kier alpha value is -1.55. The monoisotopic (exact) mass is 290 g/mol. The van der Waals surface area contributed by atoms with Gasteiger partial charge in [0.1, 0.15) is 5.75 Å². The molecule has 0 spiro atoms. The van der Waals surface area contributed by atoms with Crippen LogP contribution < -0.4 is 15.4 Å². The number of nitrogens with one attached hydrogen (secondary N) is 2. The Kier molecular flexibility index (Phi) is 6.54. The number of benzene rings is 1. The Bertz CT molecular complexity index is 440. The van der Waals surface area contributed by atoms with Crippen LogP contribution in [0, 0.1) is 0 Å². The van der Waals surface area contributed by atoms with Gasteiger partial charge in [-0.25, -0.2) is 0 Å². The Morgan fingerprint density at radius 1 is 1.19 bits per heavy atom. The Morgan fingerprint density at radius 3 is 2.62 bits per heavy atom. The van der Waals surface area contributed by atoms with E-state index in [1.54, 1.807) is 7.11 Å². The molecule has 2 rings (SSSR count). The molecule has 0 heterocycles. The van der Waals surface area contributed by atoms with Gasteiger partial charge in [0.25, 0.3) is 0 Å². The lowest BCUT2D eigenvalue weighted by atomic mass is 9.97. The summed E-state index contributed by atoms with van der Waals surface area (Å²) < 4.78 is 5.15. The molecular weight excluding hydrogens is 264 g/mol. The van der Waals surface area contributed by atoms with Crippen molar-refractivity contribution in [3.8, 4) is 5.75 Å². The van der Waals surface area contributed by atoms with Gasteiger partial charge < -0.3 is 15.4 Å². The van der Waals surface area contributed by atoms with Gasteiger partial charge >= 0.3 is 0 Å². The molecule has 0 bridgehead atoms. The van der Waals surface area contributed by atoms with Crippen LogP contribution in [0.2, 0.25) is 0 Å². The van der Waals surface area contributed by atoms with Crippen LogP contribution >= 0.6 is 0 Å². The van der Waals surface area contributed by atoms with E-state index in [1.165, 1.54) is 44.9 Å². The molecule has 1 aliphatic carbocycles. The standard InChI is InChI=1S/C17H26N2O2/c1-21-16-11-7-10-15(12-16)19-17(20)13-18-14-8-5-3-2-4-6-9-14/h7,10-12,14,18H,2-6,8-9,13H2,1H3,(H,19,20). The van der Waals surface area contributed by atoms with E-state index in [9.17, 15) is 4.79 Å². The van der Waals surface area contributed by atoms with Gasteiger partial charge in [0.2, 0.25) is 5.91 Å². The van der Waals surface area contributed by atoms with Crippen LogP contribution in [0.4, 0.5) is 5.69 Å². The van der Waals surface area contributed by atoms with Gasteiger partial charge in [-0.05, 0) is 25.0 Å². The van der Waals surface area contributed by atoms with Gasteiger partial charge in [-0.15, -0.1) is 0 Å². The summed E-state index contributed by atoms with van der Waals surface area (Å²) in [5, 5.41) is 6.30. The van der Waals surface area contributed by atoms with Crippen molar-refractivity contribution >= 4 is 11.6 Å². The minimum absolute atomic E-state index is 0.00492. The van der Waals surface area contributed by atoms with Crippen LogP contribution in [0.5, 0.6) is 5.75 Å². The fraction of sp³-hybridized carbons (Fsp3) is 0.588. The highest BCUT2D eigenvalue weighted by Crippen LogP contribution is 2.18. The van der Waals surface area contributed by atoms with Gasteiger partial charge in [0, 0.05) is 17.8 Å². The number of amides is 1. The SMILES string of the molecule is COc1cccc(NC(=O)CNC2CCCCCCC2)c1. The lowest BCUT2D eigenvalue weighted by molar-refractivity contribution is -0.115. The summed E-state index contributed by atoms with van der Waals surface area (Å²) in [5.41, 5.74) is 0.777. The molecule has 0 atom stereocenters. The van der Waals surface area contributed by atoms with Crippen molar-refractivity contribution in [3.63, 3.8) is 0 Å². The minimum atomic E-state index is 0.00492. The molecule has 4 heteroatoms. The smallest absolute Gasteiger partial charge is 0.238 e. The molecule has 1 fully saturated rings. The van der Waals surface area contributed by atoms with E-state index in [2.05, 4.69) is 10.6 Å². The second-order valence-electron chi connectivity index (χ2n) is 5.70. The van der Waals surface area contributed by atoms with E-state index < -0.39 is 0 Å². The predicted octanol–water partition coefficient (Wildman–Crippen LogP) is 3.34.